The number of aliphatic hydroxyl groups is 1. The monoisotopic (exact) mass is 143 g/mol. The summed E-state index contributed by atoms with van der Waals surface area (Å²) in [6, 6.07) is 0. The van der Waals surface area contributed by atoms with Crippen molar-refractivity contribution < 1.29 is 9.84 Å². The average Bonchev–Trinajstić information content (AvgIpc) is 2.42. The van der Waals surface area contributed by atoms with Gasteiger partial charge in [-0.25, -0.2) is 0 Å². The van der Waals surface area contributed by atoms with E-state index >= 15 is 0 Å². The molecule has 0 aromatic rings. The lowest BCUT2D eigenvalue weighted by atomic mass is 10.0. The lowest BCUT2D eigenvalue weighted by Gasteiger charge is -2.24. The maximum absolute atomic E-state index is 8.98. The molecule has 2 aliphatic rings. The zero-order chi connectivity index (χ0) is 7.24. The normalized spacial score (nSPS) is 52.2. The van der Waals surface area contributed by atoms with Crippen molar-refractivity contribution in [2.45, 2.75) is 30.4 Å². The second kappa shape index (κ2) is 1.72. The van der Waals surface area contributed by atoms with Crippen LogP contribution in [-0.2, 0) is 4.74 Å². The summed E-state index contributed by atoms with van der Waals surface area (Å²) in [6.45, 7) is 0.763. The van der Waals surface area contributed by atoms with E-state index in [0.29, 0.717) is 6.61 Å². The van der Waals surface area contributed by atoms with E-state index in [9.17, 15) is 0 Å². The average molecular weight is 143 g/mol. The van der Waals surface area contributed by atoms with E-state index in [1.165, 1.54) is 0 Å². The van der Waals surface area contributed by atoms with Crippen LogP contribution in [0, 0.1) is 0 Å². The Morgan fingerprint density at radius 2 is 2.30 bits per heavy atom. The molecule has 0 aromatic heterocycles. The molecule has 0 aromatic carbocycles. The number of fused-ring (bicyclic) bond motifs is 2. The summed E-state index contributed by atoms with van der Waals surface area (Å²) >= 11 is 0. The van der Waals surface area contributed by atoms with Crippen molar-refractivity contribution in [2.75, 3.05) is 13.2 Å². The van der Waals surface area contributed by atoms with Crippen LogP contribution < -0.4 is 5.73 Å². The Morgan fingerprint density at radius 3 is 2.50 bits per heavy atom. The molecule has 58 valence electrons. The molecular formula is C7H13NO2. The van der Waals surface area contributed by atoms with Crippen molar-refractivity contribution in [3.05, 3.63) is 0 Å². The molecule has 2 rings (SSSR count). The van der Waals surface area contributed by atoms with Crippen molar-refractivity contribution in [1.29, 1.82) is 0 Å². The minimum absolute atomic E-state index is 0.108. The molecule has 2 atom stereocenters. The largest absolute Gasteiger partial charge is 0.393 e. The Hall–Kier alpha value is -0.120. The Labute approximate surface area is 60.2 Å². The first-order valence-corrected chi connectivity index (χ1v) is 3.72. The van der Waals surface area contributed by atoms with Crippen molar-refractivity contribution >= 4 is 0 Å². The molecular weight excluding hydrogens is 130 g/mol. The van der Waals surface area contributed by atoms with Crippen LogP contribution >= 0.6 is 0 Å². The minimum atomic E-state index is -0.255. The summed E-state index contributed by atoms with van der Waals surface area (Å²) in [7, 11) is 0. The van der Waals surface area contributed by atoms with E-state index in [0.717, 1.165) is 19.3 Å². The van der Waals surface area contributed by atoms with Crippen LogP contribution in [0.2, 0.25) is 0 Å². The molecule has 2 unspecified atom stereocenters. The smallest absolute Gasteiger partial charge is 0.0932 e. The second-order valence-corrected chi connectivity index (χ2v) is 3.67. The molecule has 3 nitrogen and oxygen atoms in total. The zero-order valence-electron chi connectivity index (χ0n) is 5.97. The third-order valence-corrected chi connectivity index (χ3v) is 2.71. The highest BCUT2D eigenvalue weighted by atomic mass is 16.5. The summed E-state index contributed by atoms with van der Waals surface area (Å²) in [5, 5.41) is 8.98. The lowest BCUT2D eigenvalue weighted by molar-refractivity contribution is -0.0544. The molecule has 1 heterocycles. The molecule has 1 aliphatic carbocycles. The van der Waals surface area contributed by atoms with E-state index in [2.05, 4.69) is 0 Å². The SMILES string of the molecule is NC12CCC(CO)(C1)OC2. The van der Waals surface area contributed by atoms with Gasteiger partial charge < -0.3 is 15.6 Å². The molecule has 3 heteroatoms. The van der Waals surface area contributed by atoms with E-state index < -0.39 is 0 Å². The van der Waals surface area contributed by atoms with Crippen LogP contribution in [0.1, 0.15) is 19.3 Å². The Balaban J connectivity index is 2.19. The molecule has 0 spiro atoms. The van der Waals surface area contributed by atoms with Crippen LogP contribution in [-0.4, -0.2) is 29.5 Å². The third-order valence-electron chi connectivity index (χ3n) is 2.71. The lowest BCUT2D eigenvalue weighted by Crippen LogP contribution is -2.38. The zero-order valence-corrected chi connectivity index (χ0v) is 5.97. The van der Waals surface area contributed by atoms with Crippen LogP contribution in [0.25, 0.3) is 0 Å². The second-order valence-electron chi connectivity index (χ2n) is 3.67. The topological polar surface area (TPSA) is 55.5 Å². The van der Waals surface area contributed by atoms with E-state index in [-0.39, 0.29) is 17.7 Å². The summed E-state index contributed by atoms with van der Waals surface area (Å²) in [5.74, 6) is 0. The van der Waals surface area contributed by atoms with Gasteiger partial charge in [0, 0.05) is 5.54 Å². The fourth-order valence-electron chi connectivity index (χ4n) is 2.02. The first-order chi connectivity index (χ1) is 4.68. The molecule has 0 amide bonds. The Bertz CT molecular complexity index is 150. The van der Waals surface area contributed by atoms with E-state index in [1.807, 2.05) is 0 Å². The van der Waals surface area contributed by atoms with Crippen molar-refractivity contribution in [3.63, 3.8) is 0 Å². The highest BCUT2D eigenvalue weighted by Crippen LogP contribution is 2.45. The number of ether oxygens (including phenoxy) is 1. The highest BCUT2D eigenvalue weighted by Gasteiger charge is 2.53. The minimum Gasteiger partial charge on any atom is -0.393 e. The summed E-state index contributed by atoms with van der Waals surface area (Å²) in [6.07, 6.45) is 2.78. The van der Waals surface area contributed by atoms with Gasteiger partial charge in [-0.1, -0.05) is 0 Å². The van der Waals surface area contributed by atoms with Gasteiger partial charge in [0.2, 0.25) is 0 Å². The van der Waals surface area contributed by atoms with E-state index in [1.54, 1.807) is 0 Å². The molecule has 1 saturated carbocycles. The number of aliphatic hydroxyl groups excluding tert-OH is 1. The van der Waals surface area contributed by atoms with Gasteiger partial charge in [-0.3, -0.25) is 0 Å². The standard InChI is InChI=1S/C7H13NO2/c8-6-1-2-7(3-6,4-9)10-5-6/h9H,1-5,8H2. The molecule has 1 saturated heterocycles. The fraction of sp³-hybridized carbons (Fsp3) is 1.00. The maximum atomic E-state index is 8.98. The Morgan fingerprint density at radius 1 is 1.50 bits per heavy atom. The van der Waals surface area contributed by atoms with Gasteiger partial charge >= 0.3 is 0 Å². The summed E-state index contributed by atoms with van der Waals surface area (Å²) in [4.78, 5) is 0. The number of nitrogens with two attached hydrogens (primary N) is 1. The van der Waals surface area contributed by atoms with Crippen molar-refractivity contribution in [2.24, 2.45) is 5.73 Å². The fourth-order valence-corrected chi connectivity index (χ4v) is 2.02. The van der Waals surface area contributed by atoms with Gasteiger partial charge in [0.15, 0.2) is 0 Å². The first-order valence-electron chi connectivity index (χ1n) is 3.72. The van der Waals surface area contributed by atoms with Gasteiger partial charge in [0.05, 0.1) is 18.8 Å². The predicted octanol–water partition coefficient (Wildman–Crippen LogP) is -0.371. The Kier molecular flexibility index (Phi) is 1.14. The predicted molar refractivity (Wildman–Crippen MR) is 36.5 cm³/mol. The van der Waals surface area contributed by atoms with Crippen LogP contribution in [0.15, 0.2) is 0 Å². The number of hydrogen-bond acceptors (Lipinski definition) is 3. The molecule has 1 aliphatic heterocycles. The highest BCUT2D eigenvalue weighted by molar-refractivity contribution is 5.08. The van der Waals surface area contributed by atoms with Gasteiger partial charge in [0.25, 0.3) is 0 Å². The van der Waals surface area contributed by atoms with Gasteiger partial charge in [-0.15, -0.1) is 0 Å². The maximum Gasteiger partial charge on any atom is 0.0932 e. The number of rotatable bonds is 1. The summed E-state index contributed by atoms with van der Waals surface area (Å²) in [5.41, 5.74) is 5.56. The van der Waals surface area contributed by atoms with Crippen LogP contribution in [0.4, 0.5) is 0 Å². The third kappa shape index (κ3) is 0.713. The summed E-state index contributed by atoms with van der Waals surface area (Å²) < 4.78 is 5.42. The molecule has 2 fully saturated rings. The van der Waals surface area contributed by atoms with Crippen molar-refractivity contribution in [3.8, 4) is 0 Å². The van der Waals surface area contributed by atoms with Gasteiger partial charge in [-0.05, 0) is 19.3 Å². The van der Waals surface area contributed by atoms with Gasteiger partial charge in [-0.2, -0.15) is 0 Å². The van der Waals surface area contributed by atoms with Gasteiger partial charge in [0.1, 0.15) is 0 Å². The van der Waals surface area contributed by atoms with Crippen LogP contribution in [0.3, 0.4) is 0 Å². The van der Waals surface area contributed by atoms with E-state index in [4.69, 9.17) is 15.6 Å². The molecule has 3 N–H and O–H groups in total. The first kappa shape index (κ1) is 6.58. The van der Waals surface area contributed by atoms with Crippen molar-refractivity contribution in [1.82, 2.24) is 0 Å². The molecule has 2 bridgehead atoms. The van der Waals surface area contributed by atoms with Crippen LogP contribution in [0.5, 0.6) is 0 Å². The molecule has 10 heavy (non-hydrogen) atoms. The quantitative estimate of drug-likeness (QED) is 0.526. The molecule has 0 radical (unpaired) electrons. The number of hydrogen-bond donors (Lipinski definition) is 2.